The van der Waals surface area contributed by atoms with Gasteiger partial charge in [-0.15, -0.1) is 0 Å². The zero-order valence-corrected chi connectivity index (χ0v) is 37.3. The molecule has 69 heavy (non-hydrogen) atoms. The molecule has 322 valence electrons. The standard InChI is InChI=1S/C63H40N6/c1-4-16-41(17-5-1)54-40-55(42-18-6-2-7-19-42)66-63(65-54)69-57-27-13-10-24-49(57)51-32-29-46(38-61(51)69)44-21-14-20-43(36-44)45-30-33-58-52(37-45)50-25-11-12-26-56(50)68(58)48-31-34-59-53(39-48)62-60(28-15-35-64-62)67(59)47-22-8-3-9-23-47/h1-40H. The average Bonchev–Trinajstić information content (AvgIpc) is 4.06. The summed E-state index contributed by atoms with van der Waals surface area (Å²) >= 11 is 0. The van der Waals surface area contributed by atoms with Crippen LogP contribution < -0.4 is 0 Å². The Labute approximate surface area is 397 Å². The fourth-order valence-corrected chi connectivity index (χ4v) is 10.5. The van der Waals surface area contributed by atoms with Crippen molar-refractivity contribution >= 4 is 65.5 Å². The van der Waals surface area contributed by atoms with Crippen LogP contribution in [0.5, 0.6) is 0 Å². The van der Waals surface area contributed by atoms with Crippen LogP contribution in [-0.4, -0.2) is 28.7 Å². The van der Waals surface area contributed by atoms with Gasteiger partial charge >= 0.3 is 0 Å². The van der Waals surface area contributed by atoms with E-state index in [0.29, 0.717) is 5.95 Å². The van der Waals surface area contributed by atoms with E-state index in [4.69, 9.17) is 15.0 Å². The highest BCUT2D eigenvalue weighted by Gasteiger charge is 2.20. The second-order valence-electron chi connectivity index (χ2n) is 17.7. The molecule has 0 N–H and O–H groups in total. The zero-order valence-electron chi connectivity index (χ0n) is 37.3. The molecule has 14 rings (SSSR count). The molecule has 0 aliphatic rings. The molecule has 0 fully saturated rings. The normalized spacial score (nSPS) is 11.8. The Bertz CT molecular complexity index is 4240. The van der Waals surface area contributed by atoms with Gasteiger partial charge in [0.2, 0.25) is 5.95 Å². The van der Waals surface area contributed by atoms with Crippen molar-refractivity contribution in [1.29, 1.82) is 0 Å². The molecule has 0 aliphatic heterocycles. The van der Waals surface area contributed by atoms with Gasteiger partial charge in [0.25, 0.3) is 0 Å². The van der Waals surface area contributed by atoms with Crippen LogP contribution in [0.3, 0.4) is 0 Å². The lowest BCUT2D eigenvalue weighted by atomic mass is 9.97. The van der Waals surface area contributed by atoms with Crippen molar-refractivity contribution in [2.75, 3.05) is 0 Å². The van der Waals surface area contributed by atoms with E-state index in [1.807, 2.05) is 24.4 Å². The molecule has 5 heterocycles. The van der Waals surface area contributed by atoms with Crippen molar-refractivity contribution < 1.29 is 0 Å². The smallest absolute Gasteiger partial charge is 0.235 e. The van der Waals surface area contributed by atoms with Crippen molar-refractivity contribution in [2.45, 2.75) is 0 Å². The second-order valence-corrected chi connectivity index (χ2v) is 17.7. The van der Waals surface area contributed by atoms with Gasteiger partial charge in [0.15, 0.2) is 0 Å². The number of hydrogen-bond acceptors (Lipinski definition) is 3. The third kappa shape index (κ3) is 6.30. The molecule has 9 aromatic carbocycles. The molecule has 0 radical (unpaired) electrons. The number of para-hydroxylation sites is 3. The summed E-state index contributed by atoms with van der Waals surface area (Å²) in [6.45, 7) is 0. The molecular weight excluding hydrogens is 841 g/mol. The topological polar surface area (TPSA) is 53.5 Å². The number of nitrogens with zero attached hydrogens (tertiary/aromatic N) is 6. The first-order valence-electron chi connectivity index (χ1n) is 23.3. The Hall–Kier alpha value is -9.39. The summed E-state index contributed by atoms with van der Waals surface area (Å²) in [5.41, 5.74) is 18.3. The van der Waals surface area contributed by atoms with Gasteiger partial charge < -0.3 is 9.13 Å². The summed E-state index contributed by atoms with van der Waals surface area (Å²) in [4.78, 5) is 15.5. The predicted octanol–water partition coefficient (Wildman–Crippen LogP) is 15.8. The molecule has 0 amide bonds. The van der Waals surface area contributed by atoms with E-state index in [1.54, 1.807) is 0 Å². The Kier molecular flexibility index (Phi) is 8.79. The highest BCUT2D eigenvalue weighted by molar-refractivity contribution is 6.13. The maximum Gasteiger partial charge on any atom is 0.235 e. The number of pyridine rings is 1. The van der Waals surface area contributed by atoms with Gasteiger partial charge in [-0.05, 0) is 107 Å². The summed E-state index contributed by atoms with van der Waals surface area (Å²) in [6, 6.07) is 84.3. The molecule has 0 spiro atoms. The molecule has 14 aromatic rings. The van der Waals surface area contributed by atoms with E-state index >= 15 is 0 Å². The Morgan fingerprint density at radius 3 is 1.49 bits per heavy atom. The van der Waals surface area contributed by atoms with Gasteiger partial charge in [0.05, 0.1) is 50.0 Å². The maximum absolute atomic E-state index is 5.28. The van der Waals surface area contributed by atoms with E-state index < -0.39 is 0 Å². The molecule has 0 saturated heterocycles. The number of rotatable bonds is 7. The molecule has 6 nitrogen and oxygen atoms in total. The Balaban J connectivity index is 0.889. The quantitative estimate of drug-likeness (QED) is 0.160. The first-order chi connectivity index (χ1) is 34.2. The van der Waals surface area contributed by atoms with Crippen molar-refractivity contribution in [3.05, 3.63) is 243 Å². The van der Waals surface area contributed by atoms with Gasteiger partial charge in [0.1, 0.15) is 0 Å². The Morgan fingerprint density at radius 1 is 0.261 bits per heavy atom. The van der Waals surface area contributed by atoms with E-state index in [2.05, 4.69) is 232 Å². The van der Waals surface area contributed by atoms with Gasteiger partial charge in [-0.1, -0.05) is 152 Å². The predicted molar refractivity (Wildman–Crippen MR) is 285 cm³/mol. The van der Waals surface area contributed by atoms with E-state index in [-0.39, 0.29) is 0 Å². The average molecular weight is 881 g/mol. The first-order valence-corrected chi connectivity index (χ1v) is 23.3. The molecule has 5 aromatic heterocycles. The van der Waals surface area contributed by atoms with E-state index in [9.17, 15) is 0 Å². The lowest BCUT2D eigenvalue weighted by Gasteiger charge is -2.12. The van der Waals surface area contributed by atoms with Gasteiger partial charge in [0, 0.05) is 55.6 Å². The van der Waals surface area contributed by atoms with Crippen molar-refractivity contribution in [1.82, 2.24) is 28.7 Å². The van der Waals surface area contributed by atoms with Gasteiger partial charge in [-0.3, -0.25) is 9.55 Å². The summed E-state index contributed by atoms with van der Waals surface area (Å²) in [6.07, 6.45) is 1.89. The largest absolute Gasteiger partial charge is 0.309 e. The molecule has 0 aliphatic carbocycles. The minimum atomic E-state index is 0.635. The molecule has 6 heteroatoms. The fraction of sp³-hybridized carbons (Fsp3) is 0. The summed E-state index contributed by atoms with van der Waals surface area (Å²) in [5.74, 6) is 0.635. The molecular formula is C63H40N6. The van der Waals surface area contributed by atoms with Crippen LogP contribution in [0.2, 0.25) is 0 Å². The van der Waals surface area contributed by atoms with Crippen LogP contribution in [0, 0.1) is 0 Å². The van der Waals surface area contributed by atoms with Crippen LogP contribution in [0.1, 0.15) is 0 Å². The van der Waals surface area contributed by atoms with Gasteiger partial charge in [-0.2, -0.15) is 0 Å². The van der Waals surface area contributed by atoms with Crippen LogP contribution in [0.15, 0.2) is 243 Å². The molecule has 0 atom stereocenters. The highest BCUT2D eigenvalue weighted by Crippen LogP contribution is 2.40. The molecule has 0 saturated carbocycles. The number of hydrogen-bond donors (Lipinski definition) is 0. The van der Waals surface area contributed by atoms with Crippen LogP contribution >= 0.6 is 0 Å². The highest BCUT2D eigenvalue weighted by atomic mass is 15.2. The van der Waals surface area contributed by atoms with Crippen LogP contribution in [-0.2, 0) is 0 Å². The summed E-state index contributed by atoms with van der Waals surface area (Å²) in [7, 11) is 0. The zero-order chi connectivity index (χ0) is 45.4. The minimum Gasteiger partial charge on any atom is -0.309 e. The minimum absolute atomic E-state index is 0.635. The molecule has 0 unspecified atom stereocenters. The van der Waals surface area contributed by atoms with Crippen molar-refractivity contribution in [3.8, 4) is 62.1 Å². The van der Waals surface area contributed by atoms with Crippen LogP contribution in [0.4, 0.5) is 0 Å². The number of benzene rings is 9. The van der Waals surface area contributed by atoms with Crippen molar-refractivity contribution in [3.63, 3.8) is 0 Å². The SMILES string of the molecule is c1ccc(-c2cc(-c3ccccc3)nc(-n3c4ccccc4c4ccc(-c5cccc(-c6ccc7c(c6)c6ccccc6n7-c6ccc7c(c6)c6ncccc6n7-c6ccccc6)c5)cc43)n2)cc1. The summed E-state index contributed by atoms with van der Waals surface area (Å²) in [5, 5.41) is 5.85. The third-order valence-electron chi connectivity index (χ3n) is 13.7. The second kappa shape index (κ2) is 15.6. The molecule has 0 bridgehead atoms. The fourth-order valence-electron chi connectivity index (χ4n) is 10.5. The Morgan fingerprint density at radius 2 is 0.768 bits per heavy atom. The van der Waals surface area contributed by atoms with Gasteiger partial charge in [-0.25, -0.2) is 9.97 Å². The monoisotopic (exact) mass is 880 g/mol. The van der Waals surface area contributed by atoms with E-state index in [0.717, 1.165) is 111 Å². The first kappa shape index (κ1) is 38.8. The summed E-state index contributed by atoms with van der Waals surface area (Å²) < 4.78 is 6.94. The maximum atomic E-state index is 5.28. The lowest BCUT2D eigenvalue weighted by molar-refractivity contribution is 0.996. The van der Waals surface area contributed by atoms with E-state index in [1.165, 1.54) is 10.8 Å². The van der Waals surface area contributed by atoms with Crippen molar-refractivity contribution in [2.24, 2.45) is 0 Å². The number of aromatic nitrogens is 6. The lowest BCUT2D eigenvalue weighted by Crippen LogP contribution is -2.04. The number of fused-ring (bicyclic) bond motifs is 9. The third-order valence-corrected chi connectivity index (χ3v) is 13.7. The van der Waals surface area contributed by atoms with Crippen LogP contribution in [0.25, 0.3) is 128 Å².